The molecular formula is C17H16O6. The molecule has 0 saturated heterocycles. The van der Waals surface area contributed by atoms with Gasteiger partial charge in [-0.3, -0.25) is 4.79 Å². The van der Waals surface area contributed by atoms with E-state index in [9.17, 15) is 14.4 Å². The van der Waals surface area contributed by atoms with Crippen molar-refractivity contribution in [2.45, 2.75) is 13.8 Å². The quantitative estimate of drug-likeness (QED) is 0.365. The number of ether oxygens (including phenoxy) is 2. The third kappa shape index (κ3) is 3.31. The molecule has 0 unspecified atom stereocenters. The molecule has 2 rings (SSSR count). The molecule has 0 saturated carbocycles. The summed E-state index contributed by atoms with van der Waals surface area (Å²) in [5.74, 6) is -0.654. The van der Waals surface area contributed by atoms with Crippen molar-refractivity contribution in [1.82, 2.24) is 0 Å². The van der Waals surface area contributed by atoms with Gasteiger partial charge in [0.15, 0.2) is 17.1 Å². The Morgan fingerprint density at radius 1 is 1.30 bits per heavy atom. The van der Waals surface area contributed by atoms with Crippen LogP contribution in [0.5, 0.6) is 5.75 Å². The maximum absolute atomic E-state index is 12.2. The number of esters is 1. The lowest BCUT2D eigenvalue weighted by Crippen LogP contribution is -2.14. The minimum Gasteiger partial charge on any atom is -0.490 e. The van der Waals surface area contributed by atoms with E-state index in [1.165, 1.54) is 20.1 Å². The molecular weight excluding hydrogens is 300 g/mol. The maximum Gasteiger partial charge on any atom is 0.347 e. The highest BCUT2D eigenvalue weighted by Gasteiger charge is 2.18. The molecule has 0 amide bonds. The average Bonchev–Trinajstić information content (AvgIpc) is 2.52. The van der Waals surface area contributed by atoms with Crippen molar-refractivity contribution >= 4 is 28.8 Å². The van der Waals surface area contributed by atoms with Crippen LogP contribution in [0.25, 0.3) is 17.0 Å². The summed E-state index contributed by atoms with van der Waals surface area (Å²) in [6.07, 6.45) is 2.52. The van der Waals surface area contributed by atoms with Gasteiger partial charge < -0.3 is 13.9 Å². The van der Waals surface area contributed by atoms with E-state index in [2.05, 4.69) is 4.74 Å². The van der Waals surface area contributed by atoms with Crippen molar-refractivity contribution in [3.63, 3.8) is 0 Å². The molecule has 2 aromatic rings. The van der Waals surface area contributed by atoms with E-state index in [0.29, 0.717) is 23.3 Å². The van der Waals surface area contributed by atoms with Crippen molar-refractivity contribution in [3.8, 4) is 5.75 Å². The predicted octanol–water partition coefficient (Wildman–Crippen LogP) is 2.58. The first-order chi connectivity index (χ1) is 11.0. The van der Waals surface area contributed by atoms with Crippen LogP contribution in [0.2, 0.25) is 0 Å². The second-order valence-corrected chi connectivity index (χ2v) is 4.66. The summed E-state index contributed by atoms with van der Waals surface area (Å²) in [4.78, 5) is 35.3. The van der Waals surface area contributed by atoms with E-state index < -0.39 is 17.4 Å². The van der Waals surface area contributed by atoms with Crippen LogP contribution in [0.1, 0.15) is 29.8 Å². The molecule has 0 aliphatic carbocycles. The summed E-state index contributed by atoms with van der Waals surface area (Å²) in [6.45, 7) is 3.46. The maximum atomic E-state index is 12.2. The van der Waals surface area contributed by atoms with Gasteiger partial charge >= 0.3 is 11.6 Å². The van der Waals surface area contributed by atoms with Gasteiger partial charge in [-0.25, -0.2) is 9.59 Å². The number of Topliss-reactive ketones (excluding diaryl/α,β-unsaturated/α-hetero) is 1. The van der Waals surface area contributed by atoms with Crippen LogP contribution >= 0.6 is 0 Å². The molecule has 0 N–H and O–H groups in total. The van der Waals surface area contributed by atoms with E-state index in [0.717, 1.165) is 6.08 Å². The van der Waals surface area contributed by atoms with Gasteiger partial charge in [-0.15, -0.1) is 0 Å². The summed E-state index contributed by atoms with van der Waals surface area (Å²) >= 11 is 0. The monoisotopic (exact) mass is 316 g/mol. The average molecular weight is 316 g/mol. The lowest BCUT2D eigenvalue weighted by molar-refractivity contribution is -0.134. The number of ketones is 1. The topological polar surface area (TPSA) is 82.8 Å². The van der Waals surface area contributed by atoms with Crippen molar-refractivity contribution in [1.29, 1.82) is 0 Å². The van der Waals surface area contributed by atoms with Crippen molar-refractivity contribution in [3.05, 3.63) is 45.8 Å². The Bertz CT molecular complexity index is 844. The first-order valence-electron chi connectivity index (χ1n) is 6.99. The Labute approximate surface area is 132 Å². The molecule has 120 valence electrons. The fraction of sp³-hybridized carbons (Fsp3) is 0.235. The smallest absolute Gasteiger partial charge is 0.347 e. The van der Waals surface area contributed by atoms with E-state index >= 15 is 0 Å². The second-order valence-electron chi connectivity index (χ2n) is 4.66. The molecule has 0 spiro atoms. The van der Waals surface area contributed by atoms with Gasteiger partial charge in [-0.05, 0) is 26.0 Å². The van der Waals surface area contributed by atoms with Crippen LogP contribution in [0, 0.1) is 0 Å². The molecule has 0 radical (unpaired) electrons. The van der Waals surface area contributed by atoms with E-state index in [-0.39, 0.29) is 11.1 Å². The molecule has 1 aromatic carbocycles. The SMILES string of the molecule is CCOc1cccc2c(/C=C/C(=O)OC)c(C(C)=O)c(=O)oc12. The van der Waals surface area contributed by atoms with Crippen molar-refractivity contribution in [2.75, 3.05) is 13.7 Å². The number of carbonyl (C=O) groups is 2. The number of benzene rings is 1. The molecule has 6 heteroatoms. The number of hydrogen-bond acceptors (Lipinski definition) is 6. The molecule has 23 heavy (non-hydrogen) atoms. The highest BCUT2D eigenvalue weighted by atomic mass is 16.5. The first-order valence-corrected chi connectivity index (χ1v) is 6.99. The zero-order valence-electron chi connectivity index (χ0n) is 13.0. The highest BCUT2D eigenvalue weighted by Crippen LogP contribution is 2.29. The number of para-hydroxylation sites is 1. The number of fused-ring (bicyclic) bond motifs is 1. The zero-order valence-corrected chi connectivity index (χ0v) is 13.0. The lowest BCUT2D eigenvalue weighted by atomic mass is 10.0. The Hall–Kier alpha value is -2.89. The van der Waals surface area contributed by atoms with Gasteiger partial charge in [0.2, 0.25) is 0 Å². The molecule has 0 aliphatic rings. The third-order valence-electron chi connectivity index (χ3n) is 3.18. The van der Waals surface area contributed by atoms with Crippen LogP contribution < -0.4 is 10.4 Å². The second kappa shape index (κ2) is 6.91. The normalized spacial score (nSPS) is 10.9. The van der Waals surface area contributed by atoms with Crippen LogP contribution in [0.15, 0.2) is 33.5 Å². The largest absolute Gasteiger partial charge is 0.490 e. The molecule has 0 bridgehead atoms. The summed E-state index contributed by atoms with van der Waals surface area (Å²) in [7, 11) is 1.24. The number of methoxy groups -OCH3 is 1. The Morgan fingerprint density at radius 3 is 2.65 bits per heavy atom. The molecule has 6 nitrogen and oxygen atoms in total. The van der Waals surface area contributed by atoms with Gasteiger partial charge in [0.25, 0.3) is 0 Å². The van der Waals surface area contributed by atoms with Crippen molar-refractivity contribution in [2.24, 2.45) is 0 Å². The number of hydrogen-bond donors (Lipinski definition) is 0. The van der Waals surface area contributed by atoms with Gasteiger partial charge in [0.1, 0.15) is 5.56 Å². The Kier molecular flexibility index (Phi) is 4.95. The van der Waals surface area contributed by atoms with Gasteiger partial charge in [-0.2, -0.15) is 0 Å². The van der Waals surface area contributed by atoms with Crippen LogP contribution in [0.4, 0.5) is 0 Å². The van der Waals surface area contributed by atoms with Crippen LogP contribution in [-0.2, 0) is 9.53 Å². The minimum atomic E-state index is -0.776. The first kappa shape index (κ1) is 16.5. The number of carbonyl (C=O) groups excluding carboxylic acids is 2. The van der Waals surface area contributed by atoms with E-state index in [1.807, 2.05) is 0 Å². The van der Waals surface area contributed by atoms with E-state index in [4.69, 9.17) is 9.15 Å². The minimum absolute atomic E-state index is 0.119. The van der Waals surface area contributed by atoms with Gasteiger partial charge in [0.05, 0.1) is 13.7 Å². The molecule has 0 aliphatic heterocycles. The molecule has 0 fully saturated rings. The molecule has 0 atom stereocenters. The number of rotatable bonds is 5. The molecule has 1 heterocycles. The highest BCUT2D eigenvalue weighted by molar-refractivity contribution is 6.05. The van der Waals surface area contributed by atoms with Crippen molar-refractivity contribution < 1.29 is 23.5 Å². The zero-order chi connectivity index (χ0) is 17.0. The third-order valence-corrected chi connectivity index (χ3v) is 3.18. The fourth-order valence-corrected chi connectivity index (χ4v) is 2.22. The van der Waals surface area contributed by atoms with Crippen LogP contribution in [-0.4, -0.2) is 25.5 Å². The lowest BCUT2D eigenvalue weighted by Gasteiger charge is -2.10. The standard InChI is InChI=1S/C17H16O6/c1-4-22-13-7-5-6-12-11(8-9-14(19)21-3)15(10(2)18)17(20)23-16(12)13/h5-9H,4H2,1-3H3/b9-8+. The summed E-state index contributed by atoms with van der Waals surface area (Å²) in [6, 6.07) is 5.06. The summed E-state index contributed by atoms with van der Waals surface area (Å²) in [5.41, 5.74) is -0.363. The fourth-order valence-electron chi connectivity index (χ4n) is 2.22. The Balaban J connectivity index is 2.83. The Morgan fingerprint density at radius 2 is 2.04 bits per heavy atom. The molecule has 1 aromatic heterocycles. The predicted molar refractivity (Wildman–Crippen MR) is 84.7 cm³/mol. The van der Waals surface area contributed by atoms with Crippen LogP contribution in [0.3, 0.4) is 0 Å². The summed E-state index contributed by atoms with van der Waals surface area (Å²) in [5, 5.41) is 0.501. The van der Waals surface area contributed by atoms with Gasteiger partial charge in [0, 0.05) is 17.0 Å². The van der Waals surface area contributed by atoms with E-state index in [1.54, 1.807) is 25.1 Å². The summed E-state index contributed by atoms with van der Waals surface area (Å²) < 4.78 is 15.2. The van der Waals surface area contributed by atoms with Gasteiger partial charge in [-0.1, -0.05) is 12.1 Å².